The molecule has 1 aliphatic carbocycles. The molecule has 0 aromatic heterocycles. The van der Waals surface area contributed by atoms with E-state index in [9.17, 15) is 5.11 Å². The number of nitrogens with zero attached hydrogens (tertiary/aromatic N) is 2. The van der Waals surface area contributed by atoms with Crippen molar-refractivity contribution in [1.29, 1.82) is 5.26 Å². The molecule has 1 saturated carbocycles. The van der Waals surface area contributed by atoms with Gasteiger partial charge in [-0.05, 0) is 19.3 Å². The molecule has 14 heavy (non-hydrogen) atoms. The Morgan fingerprint density at radius 1 is 1.43 bits per heavy atom. The van der Waals surface area contributed by atoms with E-state index in [4.69, 9.17) is 5.26 Å². The Morgan fingerprint density at radius 3 is 3.07 bits per heavy atom. The third-order valence-electron chi connectivity index (χ3n) is 3.81. The molecule has 1 N–H and O–H groups in total. The molecule has 2 unspecified atom stereocenters. The van der Waals surface area contributed by atoms with E-state index in [0.717, 1.165) is 32.4 Å². The molecule has 78 valence electrons. The van der Waals surface area contributed by atoms with Crippen molar-refractivity contribution in [3.63, 3.8) is 0 Å². The predicted octanol–water partition coefficient (Wildman–Crippen LogP) is 1.14. The minimum absolute atomic E-state index is 0.399. The highest BCUT2D eigenvalue weighted by Gasteiger charge is 2.42. The van der Waals surface area contributed by atoms with Crippen LogP contribution in [0.5, 0.6) is 0 Å². The quantitative estimate of drug-likeness (QED) is 0.637. The number of rotatable bonds is 1. The second-order valence-corrected chi connectivity index (χ2v) is 4.69. The number of aliphatic hydroxyl groups is 1. The molecule has 1 heterocycles. The van der Waals surface area contributed by atoms with E-state index < -0.39 is 5.60 Å². The summed E-state index contributed by atoms with van der Waals surface area (Å²) in [5.74, 6) is 0.415. The lowest BCUT2D eigenvalue weighted by atomic mass is 9.71. The van der Waals surface area contributed by atoms with Crippen molar-refractivity contribution in [3.05, 3.63) is 0 Å². The van der Waals surface area contributed by atoms with Crippen LogP contribution in [0.3, 0.4) is 0 Å². The summed E-state index contributed by atoms with van der Waals surface area (Å²) in [6.07, 6.45) is 5.38. The van der Waals surface area contributed by atoms with Crippen LogP contribution < -0.4 is 0 Å². The predicted molar refractivity (Wildman–Crippen MR) is 53.6 cm³/mol. The maximum atomic E-state index is 10.4. The lowest BCUT2D eigenvalue weighted by molar-refractivity contribution is -0.0931. The van der Waals surface area contributed by atoms with Gasteiger partial charge in [0, 0.05) is 19.0 Å². The number of nitriles is 1. The van der Waals surface area contributed by atoms with Gasteiger partial charge in [0.05, 0.1) is 18.2 Å². The van der Waals surface area contributed by atoms with Crippen LogP contribution in [0, 0.1) is 17.2 Å². The molecule has 1 saturated heterocycles. The molecule has 0 amide bonds. The van der Waals surface area contributed by atoms with Crippen LogP contribution in [0.25, 0.3) is 0 Å². The van der Waals surface area contributed by atoms with Crippen molar-refractivity contribution in [3.8, 4) is 6.07 Å². The average molecular weight is 194 g/mol. The van der Waals surface area contributed by atoms with Crippen molar-refractivity contribution < 1.29 is 5.11 Å². The number of fused-ring (bicyclic) bond motifs is 1. The Labute approximate surface area is 85.3 Å². The number of hydrogen-bond acceptors (Lipinski definition) is 3. The SMILES string of the molecule is N#CCN1CCC2(O)CCCCC2C1. The van der Waals surface area contributed by atoms with Gasteiger partial charge < -0.3 is 5.11 Å². The van der Waals surface area contributed by atoms with Gasteiger partial charge in [0.25, 0.3) is 0 Å². The highest BCUT2D eigenvalue weighted by atomic mass is 16.3. The largest absolute Gasteiger partial charge is 0.390 e. The smallest absolute Gasteiger partial charge is 0.0866 e. The lowest BCUT2D eigenvalue weighted by Gasteiger charge is -2.46. The molecule has 0 aromatic carbocycles. The molecular weight excluding hydrogens is 176 g/mol. The minimum Gasteiger partial charge on any atom is -0.390 e. The molecule has 3 nitrogen and oxygen atoms in total. The third-order valence-corrected chi connectivity index (χ3v) is 3.81. The third kappa shape index (κ3) is 1.77. The summed E-state index contributed by atoms with van der Waals surface area (Å²) < 4.78 is 0. The molecule has 0 bridgehead atoms. The van der Waals surface area contributed by atoms with E-state index in [2.05, 4.69) is 11.0 Å². The molecule has 1 aliphatic heterocycles. The molecule has 3 heteroatoms. The van der Waals surface area contributed by atoms with Gasteiger partial charge in [0.15, 0.2) is 0 Å². The van der Waals surface area contributed by atoms with Crippen molar-refractivity contribution in [2.45, 2.75) is 37.7 Å². The van der Waals surface area contributed by atoms with E-state index in [0.29, 0.717) is 12.5 Å². The molecule has 2 fully saturated rings. The Balaban J connectivity index is 1.99. The van der Waals surface area contributed by atoms with Gasteiger partial charge in [-0.3, -0.25) is 4.90 Å². The summed E-state index contributed by atoms with van der Waals surface area (Å²) in [5.41, 5.74) is -0.399. The molecule has 2 aliphatic rings. The average Bonchev–Trinajstić information content (AvgIpc) is 2.19. The highest BCUT2D eigenvalue weighted by Crippen LogP contribution is 2.39. The Bertz CT molecular complexity index is 248. The summed E-state index contributed by atoms with van der Waals surface area (Å²) in [6, 6.07) is 2.19. The summed E-state index contributed by atoms with van der Waals surface area (Å²) in [6.45, 7) is 2.33. The summed E-state index contributed by atoms with van der Waals surface area (Å²) in [5, 5.41) is 19.0. The normalized spacial score (nSPS) is 38.7. The van der Waals surface area contributed by atoms with E-state index in [1.165, 1.54) is 12.8 Å². The van der Waals surface area contributed by atoms with Crippen molar-refractivity contribution in [1.82, 2.24) is 4.90 Å². The highest BCUT2D eigenvalue weighted by molar-refractivity contribution is 4.96. The maximum absolute atomic E-state index is 10.4. The van der Waals surface area contributed by atoms with Crippen LogP contribution >= 0.6 is 0 Å². The van der Waals surface area contributed by atoms with Gasteiger partial charge in [-0.2, -0.15) is 5.26 Å². The molecule has 2 atom stereocenters. The summed E-state index contributed by atoms with van der Waals surface area (Å²) in [4.78, 5) is 2.17. The number of likely N-dealkylation sites (tertiary alicyclic amines) is 1. The van der Waals surface area contributed by atoms with Gasteiger partial charge >= 0.3 is 0 Å². The molecule has 0 spiro atoms. The van der Waals surface area contributed by atoms with E-state index in [-0.39, 0.29) is 0 Å². The van der Waals surface area contributed by atoms with E-state index in [1.807, 2.05) is 0 Å². The van der Waals surface area contributed by atoms with Crippen LogP contribution in [0.2, 0.25) is 0 Å². The van der Waals surface area contributed by atoms with Crippen molar-refractivity contribution >= 4 is 0 Å². The standard InChI is InChI=1S/C11H18N2O/c12-6-8-13-7-5-11(14)4-2-1-3-10(11)9-13/h10,14H,1-5,7-9H2. The summed E-state index contributed by atoms with van der Waals surface area (Å²) >= 11 is 0. The fourth-order valence-electron chi connectivity index (χ4n) is 2.88. The Hall–Kier alpha value is -0.590. The van der Waals surface area contributed by atoms with Crippen LogP contribution in [-0.4, -0.2) is 35.2 Å². The van der Waals surface area contributed by atoms with Gasteiger partial charge in [-0.1, -0.05) is 12.8 Å². The van der Waals surface area contributed by atoms with E-state index in [1.54, 1.807) is 0 Å². The first-order valence-electron chi connectivity index (χ1n) is 5.56. The zero-order chi connectivity index (χ0) is 10.0. The number of piperidine rings is 1. The first-order chi connectivity index (χ1) is 6.74. The summed E-state index contributed by atoms with van der Waals surface area (Å²) in [7, 11) is 0. The first kappa shape index (κ1) is 9.95. The van der Waals surface area contributed by atoms with E-state index >= 15 is 0 Å². The lowest BCUT2D eigenvalue weighted by Crippen LogP contribution is -2.53. The van der Waals surface area contributed by atoms with Gasteiger partial charge in [0.2, 0.25) is 0 Å². The van der Waals surface area contributed by atoms with Crippen LogP contribution in [0.15, 0.2) is 0 Å². The second-order valence-electron chi connectivity index (χ2n) is 4.69. The van der Waals surface area contributed by atoms with Gasteiger partial charge in [-0.15, -0.1) is 0 Å². The van der Waals surface area contributed by atoms with Crippen molar-refractivity contribution in [2.24, 2.45) is 5.92 Å². The minimum atomic E-state index is -0.399. The monoisotopic (exact) mass is 194 g/mol. The zero-order valence-electron chi connectivity index (χ0n) is 8.58. The van der Waals surface area contributed by atoms with Gasteiger partial charge in [-0.25, -0.2) is 0 Å². The molecule has 0 radical (unpaired) electrons. The Morgan fingerprint density at radius 2 is 2.29 bits per heavy atom. The molecule has 2 rings (SSSR count). The first-order valence-corrected chi connectivity index (χ1v) is 5.56. The molecule has 0 aromatic rings. The zero-order valence-corrected chi connectivity index (χ0v) is 8.58. The topological polar surface area (TPSA) is 47.3 Å². The molecular formula is C11H18N2O. The van der Waals surface area contributed by atoms with Crippen LogP contribution in [0.4, 0.5) is 0 Å². The fourth-order valence-corrected chi connectivity index (χ4v) is 2.88. The fraction of sp³-hybridized carbons (Fsp3) is 0.909. The number of hydrogen-bond donors (Lipinski definition) is 1. The van der Waals surface area contributed by atoms with Crippen LogP contribution in [0.1, 0.15) is 32.1 Å². The Kier molecular flexibility index (Phi) is 2.76. The maximum Gasteiger partial charge on any atom is 0.0866 e. The van der Waals surface area contributed by atoms with Gasteiger partial charge in [0.1, 0.15) is 0 Å². The van der Waals surface area contributed by atoms with Crippen LogP contribution in [-0.2, 0) is 0 Å². The second kappa shape index (κ2) is 3.88. The van der Waals surface area contributed by atoms with Crippen molar-refractivity contribution in [2.75, 3.05) is 19.6 Å².